The van der Waals surface area contributed by atoms with Gasteiger partial charge in [0.25, 0.3) is 5.91 Å². The standard InChI is InChI=1S/C23H28N6O3/c1-3-32-22-9-8-21(26-27-22)29-17(2)20(15-25-29)23(30)24-14-18-6-4-5-7-19(18)16-28-10-12-31-13-11-28/h4-9,15H,3,10-14,16H2,1-2H3,(H,24,30). The average Bonchev–Trinajstić information content (AvgIpc) is 3.21. The lowest BCUT2D eigenvalue weighted by Gasteiger charge is -2.27. The summed E-state index contributed by atoms with van der Waals surface area (Å²) >= 11 is 0. The van der Waals surface area contributed by atoms with Crippen LogP contribution >= 0.6 is 0 Å². The highest BCUT2D eigenvalue weighted by molar-refractivity contribution is 5.95. The Labute approximate surface area is 187 Å². The number of hydrogen-bond acceptors (Lipinski definition) is 7. The molecule has 9 heteroatoms. The quantitative estimate of drug-likeness (QED) is 0.578. The van der Waals surface area contributed by atoms with Crippen molar-refractivity contribution in [2.45, 2.75) is 26.9 Å². The fraction of sp³-hybridized carbons (Fsp3) is 0.391. The molecule has 3 heterocycles. The summed E-state index contributed by atoms with van der Waals surface area (Å²) in [6, 6.07) is 11.7. The van der Waals surface area contributed by atoms with E-state index in [1.807, 2.05) is 26.0 Å². The van der Waals surface area contributed by atoms with Gasteiger partial charge in [0.2, 0.25) is 5.88 Å². The van der Waals surface area contributed by atoms with Crippen molar-refractivity contribution in [2.75, 3.05) is 32.9 Å². The monoisotopic (exact) mass is 436 g/mol. The first-order chi connectivity index (χ1) is 15.7. The Morgan fingerprint density at radius 3 is 2.62 bits per heavy atom. The van der Waals surface area contributed by atoms with Crippen LogP contribution in [0.1, 0.15) is 34.1 Å². The van der Waals surface area contributed by atoms with Crippen LogP contribution in [0.25, 0.3) is 5.82 Å². The lowest BCUT2D eigenvalue weighted by molar-refractivity contribution is 0.0340. The van der Waals surface area contributed by atoms with Crippen molar-refractivity contribution >= 4 is 5.91 Å². The largest absolute Gasteiger partial charge is 0.477 e. The molecule has 1 amide bonds. The van der Waals surface area contributed by atoms with Crippen LogP contribution in [0, 0.1) is 6.92 Å². The molecule has 32 heavy (non-hydrogen) atoms. The van der Waals surface area contributed by atoms with Crippen molar-refractivity contribution in [3.63, 3.8) is 0 Å². The number of aromatic nitrogens is 4. The number of amides is 1. The first kappa shape index (κ1) is 21.9. The third-order valence-electron chi connectivity index (χ3n) is 5.45. The van der Waals surface area contributed by atoms with Gasteiger partial charge in [0.1, 0.15) is 0 Å². The third-order valence-corrected chi connectivity index (χ3v) is 5.45. The molecule has 1 N–H and O–H groups in total. The van der Waals surface area contributed by atoms with E-state index >= 15 is 0 Å². The molecule has 0 atom stereocenters. The SMILES string of the molecule is CCOc1ccc(-n2ncc(C(=O)NCc3ccccc3CN3CCOCC3)c2C)nn1. The summed E-state index contributed by atoms with van der Waals surface area (Å²) in [7, 11) is 0. The van der Waals surface area contributed by atoms with Gasteiger partial charge in [0.15, 0.2) is 5.82 Å². The Kier molecular flexibility index (Phi) is 7.08. The van der Waals surface area contributed by atoms with Gasteiger partial charge in [-0.2, -0.15) is 5.10 Å². The molecule has 1 aliphatic rings. The number of hydrogen-bond donors (Lipinski definition) is 1. The summed E-state index contributed by atoms with van der Waals surface area (Å²) in [6.45, 7) is 8.93. The minimum Gasteiger partial charge on any atom is -0.477 e. The second-order valence-corrected chi connectivity index (χ2v) is 7.56. The van der Waals surface area contributed by atoms with Crippen LogP contribution in [0.15, 0.2) is 42.6 Å². The number of morpholine rings is 1. The zero-order chi connectivity index (χ0) is 22.3. The van der Waals surface area contributed by atoms with E-state index in [1.165, 1.54) is 5.56 Å². The summed E-state index contributed by atoms with van der Waals surface area (Å²) in [5.74, 6) is 0.810. The Balaban J connectivity index is 1.42. The van der Waals surface area contributed by atoms with E-state index in [9.17, 15) is 4.79 Å². The zero-order valence-electron chi connectivity index (χ0n) is 18.5. The molecule has 3 aromatic rings. The fourth-order valence-corrected chi connectivity index (χ4v) is 3.67. The Morgan fingerprint density at radius 1 is 1.12 bits per heavy atom. The average molecular weight is 437 g/mol. The van der Waals surface area contributed by atoms with E-state index in [4.69, 9.17) is 9.47 Å². The van der Waals surface area contributed by atoms with Crippen LogP contribution in [0.3, 0.4) is 0 Å². The molecule has 0 unspecified atom stereocenters. The molecule has 0 spiro atoms. The van der Waals surface area contributed by atoms with Crippen LogP contribution in [0.2, 0.25) is 0 Å². The minimum atomic E-state index is -0.172. The first-order valence-electron chi connectivity index (χ1n) is 10.8. The highest BCUT2D eigenvalue weighted by atomic mass is 16.5. The predicted octanol–water partition coefficient (Wildman–Crippen LogP) is 2.13. The molecule has 0 aliphatic carbocycles. The summed E-state index contributed by atoms with van der Waals surface area (Å²) < 4.78 is 12.4. The lowest BCUT2D eigenvalue weighted by atomic mass is 10.1. The maximum atomic E-state index is 12.9. The summed E-state index contributed by atoms with van der Waals surface area (Å²) in [4.78, 5) is 15.2. The van der Waals surface area contributed by atoms with Gasteiger partial charge >= 0.3 is 0 Å². The number of rotatable bonds is 8. The highest BCUT2D eigenvalue weighted by Gasteiger charge is 2.17. The van der Waals surface area contributed by atoms with E-state index in [2.05, 4.69) is 37.6 Å². The van der Waals surface area contributed by atoms with Crippen molar-refractivity contribution in [3.05, 3.63) is 65.0 Å². The van der Waals surface area contributed by atoms with E-state index in [0.29, 0.717) is 36.1 Å². The normalized spacial score (nSPS) is 14.3. The molecule has 1 fully saturated rings. The second-order valence-electron chi connectivity index (χ2n) is 7.56. The maximum absolute atomic E-state index is 12.9. The lowest BCUT2D eigenvalue weighted by Crippen LogP contribution is -2.36. The summed E-state index contributed by atoms with van der Waals surface area (Å²) in [5, 5.41) is 15.5. The molecule has 0 radical (unpaired) electrons. The van der Waals surface area contributed by atoms with Crippen LogP contribution in [-0.2, 0) is 17.8 Å². The fourth-order valence-electron chi connectivity index (χ4n) is 3.67. The molecule has 1 saturated heterocycles. The van der Waals surface area contributed by atoms with Gasteiger partial charge in [0, 0.05) is 32.2 Å². The smallest absolute Gasteiger partial charge is 0.255 e. The van der Waals surface area contributed by atoms with Gasteiger partial charge in [-0.05, 0) is 31.0 Å². The van der Waals surface area contributed by atoms with Crippen molar-refractivity contribution in [1.82, 2.24) is 30.2 Å². The van der Waals surface area contributed by atoms with E-state index < -0.39 is 0 Å². The number of nitrogens with zero attached hydrogens (tertiary/aromatic N) is 5. The van der Waals surface area contributed by atoms with E-state index in [-0.39, 0.29) is 5.91 Å². The summed E-state index contributed by atoms with van der Waals surface area (Å²) in [6.07, 6.45) is 1.56. The van der Waals surface area contributed by atoms with Gasteiger partial charge in [-0.1, -0.05) is 24.3 Å². The first-order valence-corrected chi connectivity index (χ1v) is 10.8. The molecular formula is C23H28N6O3. The van der Waals surface area contributed by atoms with Crippen LogP contribution in [0.5, 0.6) is 5.88 Å². The van der Waals surface area contributed by atoms with Crippen molar-refractivity contribution in [3.8, 4) is 11.7 Å². The minimum absolute atomic E-state index is 0.172. The molecule has 1 aromatic carbocycles. The summed E-state index contributed by atoms with van der Waals surface area (Å²) in [5.41, 5.74) is 3.52. The van der Waals surface area contributed by atoms with Gasteiger partial charge < -0.3 is 14.8 Å². The number of carbonyl (C=O) groups is 1. The number of carbonyl (C=O) groups excluding carboxylic acids is 1. The Morgan fingerprint density at radius 2 is 1.91 bits per heavy atom. The zero-order valence-corrected chi connectivity index (χ0v) is 18.5. The molecule has 9 nitrogen and oxygen atoms in total. The predicted molar refractivity (Wildman–Crippen MR) is 119 cm³/mol. The van der Waals surface area contributed by atoms with Crippen LogP contribution in [0.4, 0.5) is 0 Å². The second kappa shape index (κ2) is 10.3. The van der Waals surface area contributed by atoms with Crippen molar-refractivity contribution < 1.29 is 14.3 Å². The highest BCUT2D eigenvalue weighted by Crippen LogP contribution is 2.16. The van der Waals surface area contributed by atoms with Gasteiger partial charge in [0.05, 0.1) is 37.3 Å². The molecule has 0 saturated carbocycles. The molecule has 1 aliphatic heterocycles. The van der Waals surface area contributed by atoms with Crippen molar-refractivity contribution in [2.24, 2.45) is 0 Å². The third kappa shape index (κ3) is 5.12. The molecule has 4 rings (SSSR count). The molecule has 2 aromatic heterocycles. The maximum Gasteiger partial charge on any atom is 0.255 e. The Hall–Kier alpha value is -3.30. The molecule has 168 valence electrons. The van der Waals surface area contributed by atoms with E-state index in [0.717, 1.165) is 38.4 Å². The van der Waals surface area contributed by atoms with E-state index in [1.54, 1.807) is 23.0 Å². The van der Waals surface area contributed by atoms with Crippen LogP contribution in [-0.4, -0.2) is 63.7 Å². The molecular weight excluding hydrogens is 408 g/mol. The van der Waals surface area contributed by atoms with Gasteiger partial charge in [-0.25, -0.2) is 4.68 Å². The number of nitrogens with one attached hydrogen (secondary N) is 1. The molecule has 0 bridgehead atoms. The topological polar surface area (TPSA) is 94.4 Å². The number of ether oxygens (including phenoxy) is 2. The van der Waals surface area contributed by atoms with Crippen LogP contribution < -0.4 is 10.1 Å². The Bertz CT molecular complexity index is 1040. The van der Waals surface area contributed by atoms with Gasteiger partial charge in [-0.3, -0.25) is 9.69 Å². The van der Waals surface area contributed by atoms with Crippen molar-refractivity contribution in [1.29, 1.82) is 0 Å². The number of benzene rings is 1. The van der Waals surface area contributed by atoms with Gasteiger partial charge in [-0.15, -0.1) is 10.2 Å².